The van der Waals surface area contributed by atoms with Crippen LogP contribution in [-0.2, 0) is 10.0 Å². The third-order valence-corrected chi connectivity index (χ3v) is 2.98. The number of halogens is 1. The summed E-state index contributed by atoms with van der Waals surface area (Å²) >= 11 is 5.69. The number of hydrogen-bond acceptors (Lipinski definition) is 2. The molecular weight excluding hydrogens is 246 g/mol. The van der Waals surface area contributed by atoms with Crippen LogP contribution in [0.15, 0.2) is 29.7 Å². The Labute approximate surface area is 100 Å². The maximum absolute atomic E-state index is 11.3. The fraction of sp³-hybridized carbons (Fsp3) is 0.0909. The molecule has 84 valence electrons. The Morgan fingerprint density at radius 2 is 2.00 bits per heavy atom. The molecule has 0 fully saturated rings. The van der Waals surface area contributed by atoms with Crippen molar-refractivity contribution in [3.8, 4) is 12.3 Å². The van der Waals surface area contributed by atoms with Gasteiger partial charge in [-0.1, -0.05) is 29.7 Å². The molecule has 0 aromatic heterocycles. The zero-order chi connectivity index (χ0) is 12.0. The largest absolute Gasteiger partial charge is 0.234 e. The van der Waals surface area contributed by atoms with Crippen LogP contribution in [0.4, 0.5) is 0 Å². The Hall–Kier alpha value is -1.28. The molecule has 0 aliphatic rings. The van der Waals surface area contributed by atoms with E-state index in [4.69, 9.17) is 18.0 Å². The lowest BCUT2D eigenvalue weighted by Gasteiger charge is -1.97. The standard InChI is InChI=1S/C11H10ClNO2S/c1-2-8-13-16(14,15)9-7-10-3-5-11(12)6-4-10/h1,3-7,9,13H,8H2. The first-order chi connectivity index (χ1) is 7.53. The van der Waals surface area contributed by atoms with Gasteiger partial charge in [0.2, 0.25) is 10.0 Å². The molecule has 1 aromatic rings. The summed E-state index contributed by atoms with van der Waals surface area (Å²) in [6.07, 6.45) is 6.41. The van der Waals surface area contributed by atoms with Gasteiger partial charge in [-0.15, -0.1) is 6.42 Å². The zero-order valence-electron chi connectivity index (χ0n) is 8.35. The van der Waals surface area contributed by atoms with E-state index in [1.54, 1.807) is 24.3 Å². The minimum Gasteiger partial charge on any atom is -0.208 e. The molecule has 0 saturated carbocycles. The molecule has 5 heteroatoms. The number of terminal acetylenes is 1. The second kappa shape index (κ2) is 5.71. The molecule has 1 N–H and O–H groups in total. The third-order valence-electron chi connectivity index (χ3n) is 1.69. The Kier molecular flexibility index (Phi) is 4.56. The van der Waals surface area contributed by atoms with Crippen molar-refractivity contribution in [1.29, 1.82) is 0 Å². The molecule has 1 rings (SSSR count). The van der Waals surface area contributed by atoms with Crippen LogP contribution >= 0.6 is 11.6 Å². The normalized spacial score (nSPS) is 11.5. The van der Waals surface area contributed by atoms with Crippen molar-refractivity contribution in [2.24, 2.45) is 0 Å². The minimum atomic E-state index is -3.46. The molecule has 3 nitrogen and oxygen atoms in total. The van der Waals surface area contributed by atoms with Crippen LogP contribution in [0.1, 0.15) is 5.56 Å². The van der Waals surface area contributed by atoms with Crippen molar-refractivity contribution >= 4 is 27.7 Å². The molecule has 0 bridgehead atoms. The highest BCUT2D eigenvalue weighted by Crippen LogP contribution is 2.10. The van der Waals surface area contributed by atoms with Crippen molar-refractivity contribution in [2.75, 3.05) is 6.54 Å². The lowest BCUT2D eigenvalue weighted by atomic mass is 10.2. The van der Waals surface area contributed by atoms with Crippen LogP contribution in [0.25, 0.3) is 6.08 Å². The van der Waals surface area contributed by atoms with E-state index in [1.807, 2.05) is 0 Å². The topological polar surface area (TPSA) is 46.2 Å². The number of hydrogen-bond donors (Lipinski definition) is 1. The summed E-state index contributed by atoms with van der Waals surface area (Å²) in [4.78, 5) is 0. The van der Waals surface area contributed by atoms with Crippen LogP contribution in [-0.4, -0.2) is 15.0 Å². The molecule has 0 spiro atoms. The van der Waals surface area contributed by atoms with Crippen LogP contribution in [0.5, 0.6) is 0 Å². The Morgan fingerprint density at radius 3 is 2.56 bits per heavy atom. The van der Waals surface area contributed by atoms with E-state index in [1.165, 1.54) is 6.08 Å². The van der Waals surface area contributed by atoms with Gasteiger partial charge in [-0.2, -0.15) is 4.72 Å². The minimum absolute atomic E-state index is 0.0205. The number of benzene rings is 1. The monoisotopic (exact) mass is 255 g/mol. The predicted molar refractivity (Wildman–Crippen MR) is 66.2 cm³/mol. The summed E-state index contributed by atoms with van der Waals surface area (Å²) in [6, 6.07) is 6.80. The van der Waals surface area contributed by atoms with Gasteiger partial charge in [0.1, 0.15) is 0 Å². The second-order valence-electron chi connectivity index (χ2n) is 2.92. The maximum Gasteiger partial charge on any atom is 0.234 e. The van der Waals surface area contributed by atoms with E-state index in [-0.39, 0.29) is 6.54 Å². The second-order valence-corrected chi connectivity index (χ2v) is 5.01. The summed E-state index contributed by atoms with van der Waals surface area (Å²) in [5, 5.41) is 1.67. The van der Waals surface area contributed by atoms with Gasteiger partial charge in [0, 0.05) is 10.4 Å². The van der Waals surface area contributed by atoms with Crippen LogP contribution in [0.2, 0.25) is 5.02 Å². The van der Waals surface area contributed by atoms with E-state index in [2.05, 4.69) is 10.6 Å². The average Bonchev–Trinajstić information content (AvgIpc) is 2.26. The molecule has 1 aromatic carbocycles. The van der Waals surface area contributed by atoms with Gasteiger partial charge in [0.15, 0.2) is 0 Å². The first kappa shape index (κ1) is 12.8. The first-order valence-electron chi connectivity index (χ1n) is 4.40. The van der Waals surface area contributed by atoms with E-state index >= 15 is 0 Å². The highest BCUT2D eigenvalue weighted by Gasteiger charge is 2.01. The van der Waals surface area contributed by atoms with E-state index < -0.39 is 10.0 Å². The van der Waals surface area contributed by atoms with Gasteiger partial charge in [-0.3, -0.25) is 0 Å². The quantitative estimate of drug-likeness (QED) is 0.835. The van der Waals surface area contributed by atoms with Crippen molar-refractivity contribution in [2.45, 2.75) is 0 Å². The van der Waals surface area contributed by atoms with Gasteiger partial charge < -0.3 is 0 Å². The average molecular weight is 256 g/mol. The fourth-order valence-electron chi connectivity index (χ4n) is 0.932. The Morgan fingerprint density at radius 1 is 1.38 bits per heavy atom. The molecular formula is C11H10ClNO2S. The third kappa shape index (κ3) is 4.49. The van der Waals surface area contributed by atoms with Crippen LogP contribution in [0, 0.1) is 12.3 Å². The molecule has 0 saturated heterocycles. The zero-order valence-corrected chi connectivity index (χ0v) is 9.92. The number of sulfonamides is 1. The smallest absolute Gasteiger partial charge is 0.208 e. The van der Waals surface area contributed by atoms with Gasteiger partial charge in [-0.05, 0) is 23.8 Å². The summed E-state index contributed by atoms with van der Waals surface area (Å²) < 4.78 is 24.8. The van der Waals surface area contributed by atoms with Gasteiger partial charge in [-0.25, -0.2) is 8.42 Å². The molecule has 0 atom stereocenters. The van der Waals surface area contributed by atoms with Gasteiger partial charge in [0.25, 0.3) is 0 Å². The molecule has 0 aliphatic heterocycles. The number of nitrogens with one attached hydrogen (secondary N) is 1. The van der Waals surface area contributed by atoms with Crippen molar-refractivity contribution in [3.05, 3.63) is 40.3 Å². The van der Waals surface area contributed by atoms with E-state index in [0.29, 0.717) is 5.02 Å². The molecule has 0 aliphatic carbocycles. The molecule has 16 heavy (non-hydrogen) atoms. The predicted octanol–water partition coefficient (Wildman–Crippen LogP) is 1.86. The van der Waals surface area contributed by atoms with E-state index in [9.17, 15) is 8.42 Å². The SMILES string of the molecule is C#CCNS(=O)(=O)C=Cc1ccc(Cl)cc1. The Balaban J connectivity index is 2.74. The lowest BCUT2D eigenvalue weighted by Crippen LogP contribution is -2.21. The molecule has 0 amide bonds. The van der Waals surface area contributed by atoms with Crippen molar-refractivity contribution in [1.82, 2.24) is 4.72 Å². The summed E-state index contributed by atoms with van der Waals surface area (Å²) in [6.45, 7) is -0.0205. The molecule has 0 heterocycles. The fourth-order valence-corrected chi connectivity index (χ4v) is 1.78. The molecule has 0 unspecified atom stereocenters. The molecule has 0 radical (unpaired) electrons. The van der Waals surface area contributed by atoms with Crippen molar-refractivity contribution in [3.63, 3.8) is 0 Å². The highest BCUT2D eigenvalue weighted by atomic mass is 35.5. The summed E-state index contributed by atoms with van der Waals surface area (Å²) in [7, 11) is -3.46. The van der Waals surface area contributed by atoms with E-state index in [0.717, 1.165) is 11.0 Å². The number of rotatable bonds is 4. The summed E-state index contributed by atoms with van der Waals surface area (Å²) in [5.74, 6) is 2.19. The highest BCUT2D eigenvalue weighted by molar-refractivity contribution is 7.92. The van der Waals surface area contributed by atoms with Crippen LogP contribution in [0.3, 0.4) is 0 Å². The van der Waals surface area contributed by atoms with Gasteiger partial charge >= 0.3 is 0 Å². The first-order valence-corrected chi connectivity index (χ1v) is 6.33. The van der Waals surface area contributed by atoms with Crippen molar-refractivity contribution < 1.29 is 8.42 Å². The van der Waals surface area contributed by atoms with Gasteiger partial charge in [0.05, 0.1) is 6.54 Å². The maximum atomic E-state index is 11.3. The Bertz CT molecular complexity index is 512. The van der Waals surface area contributed by atoms with Crippen LogP contribution < -0.4 is 4.72 Å². The summed E-state index contributed by atoms with van der Waals surface area (Å²) in [5.41, 5.74) is 0.746. The lowest BCUT2D eigenvalue weighted by molar-refractivity contribution is 0.595.